The molecule has 1 saturated heterocycles. The van der Waals surface area contributed by atoms with Gasteiger partial charge >= 0.3 is 0 Å². The molecular weight excluding hydrogens is 368 g/mol. The van der Waals surface area contributed by atoms with E-state index in [4.69, 9.17) is 9.98 Å². The fraction of sp³-hybridized carbons (Fsp3) is 0.231. The molecule has 0 saturated carbocycles. The molecule has 152 valence electrons. The van der Waals surface area contributed by atoms with Crippen molar-refractivity contribution in [1.82, 2.24) is 4.90 Å². The Morgan fingerprint density at radius 2 is 1.37 bits per heavy atom. The molecule has 3 aromatic carbocycles. The van der Waals surface area contributed by atoms with Crippen molar-refractivity contribution in [3.8, 4) is 0 Å². The number of hydrogen-bond acceptors (Lipinski definition) is 1. The first-order valence-corrected chi connectivity index (χ1v) is 10.6. The summed E-state index contributed by atoms with van der Waals surface area (Å²) in [4.78, 5) is 12.2. The lowest BCUT2D eigenvalue weighted by Gasteiger charge is -2.19. The number of guanidine groups is 1. The van der Waals surface area contributed by atoms with Gasteiger partial charge in [-0.2, -0.15) is 4.99 Å². The lowest BCUT2D eigenvalue weighted by Crippen LogP contribution is -2.28. The Morgan fingerprint density at radius 3 is 2.00 bits per heavy atom. The van der Waals surface area contributed by atoms with Gasteiger partial charge in [-0.1, -0.05) is 65.7 Å². The molecule has 0 atom stereocenters. The van der Waals surface area contributed by atoms with Crippen molar-refractivity contribution in [3.05, 3.63) is 95.6 Å². The highest BCUT2D eigenvalue weighted by atomic mass is 15.3. The molecule has 1 N–H and O–H groups in total. The second-order valence-corrected chi connectivity index (χ2v) is 7.76. The van der Waals surface area contributed by atoms with Gasteiger partial charge in [0.05, 0.1) is 5.69 Å². The molecule has 0 spiro atoms. The molecule has 1 aliphatic heterocycles. The second kappa shape index (κ2) is 9.40. The molecular formula is C26H28N4. The number of benzene rings is 3. The zero-order valence-electron chi connectivity index (χ0n) is 17.7. The molecule has 3 aromatic rings. The predicted molar refractivity (Wildman–Crippen MR) is 127 cm³/mol. The van der Waals surface area contributed by atoms with Gasteiger partial charge in [0.15, 0.2) is 0 Å². The standard InChI is InChI=1S/C26H28N4/c1-20-10-14-23(15-11-20)27-25(22-8-4-3-5-9-22)29-26(30-18-6-7-19-30)28-24-16-12-21(2)13-17-24/h3-5,8-17H,6-7,18-19H2,1-2H3,(H,27,28,29). The molecule has 1 heterocycles. The number of hydrogen-bond donors (Lipinski definition) is 1. The van der Waals surface area contributed by atoms with Crippen molar-refractivity contribution < 1.29 is 0 Å². The topological polar surface area (TPSA) is 40.0 Å². The van der Waals surface area contributed by atoms with Gasteiger partial charge in [-0.05, 0) is 51.0 Å². The average Bonchev–Trinajstić information content (AvgIpc) is 3.31. The summed E-state index contributed by atoms with van der Waals surface area (Å²) in [6, 6.07) is 26.9. The van der Waals surface area contributed by atoms with E-state index in [1.54, 1.807) is 0 Å². The third-order valence-electron chi connectivity index (χ3n) is 5.23. The van der Waals surface area contributed by atoms with Crippen molar-refractivity contribution in [2.24, 2.45) is 9.98 Å². The van der Waals surface area contributed by atoms with Gasteiger partial charge in [-0.15, -0.1) is 0 Å². The van der Waals surface area contributed by atoms with E-state index in [1.165, 1.54) is 24.0 Å². The molecule has 0 radical (unpaired) electrons. The first-order valence-electron chi connectivity index (χ1n) is 10.6. The molecule has 4 rings (SSSR count). The Bertz CT molecular complexity index is 1010. The van der Waals surface area contributed by atoms with E-state index in [1.807, 2.05) is 18.2 Å². The largest absolute Gasteiger partial charge is 0.341 e. The third kappa shape index (κ3) is 5.15. The van der Waals surface area contributed by atoms with Crippen LogP contribution in [-0.4, -0.2) is 29.8 Å². The number of rotatable bonds is 3. The Hall–Kier alpha value is -3.40. The summed E-state index contributed by atoms with van der Waals surface area (Å²) in [5, 5.41) is 3.51. The molecule has 1 fully saturated rings. The summed E-state index contributed by atoms with van der Waals surface area (Å²) in [6.45, 7) is 6.16. The molecule has 4 nitrogen and oxygen atoms in total. The first kappa shape index (κ1) is 19.9. The molecule has 30 heavy (non-hydrogen) atoms. The molecule has 0 bridgehead atoms. The fourth-order valence-corrected chi connectivity index (χ4v) is 3.45. The van der Waals surface area contributed by atoms with E-state index >= 15 is 0 Å². The van der Waals surface area contributed by atoms with Gasteiger partial charge < -0.3 is 10.2 Å². The van der Waals surface area contributed by atoms with Crippen molar-refractivity contribution in [2.75, 3.05) is 18.4 Å². The summed E-state index contributed by atoms with van der Waals surface area (Å²) in [5.41, 5.74) is 5.44. The van der Waals surface area contributed by atoms with Gasteiger partial charge in [0.1, 0.15) is 5.84 Å². The number of amidine groups is 1. The lowest BCUT2D eigenvalue weighted by atomic mass is 10.2. The maximum Gasteiger partial charge on any atom is 0.227 e. The Labute approximate surface area is 179 Å². The highest BCUT2D eigenvalue weighted by molar-refractivity contribution is 6.13. The van der Waals surface area contributed by atoms with Gasteiger partial charge in [0, 0.05) is 24.3 Å². The summed E-state index contributed by atoms with van der Waals surface area (Å²) in [6.07, 6.45) is 2.35. The van der Waals surface area contributed by atoms with Crippen LogP contribution in [0.3, 0.4) is 0 Å². The number of nitrogens with one attached hydrogen (secondary N) is 1. The SMILES string of the molecule is Cc1ccc(N=C(/N=C(/Nc2ccc(C)cc2)c2ccccc2)N2CCCC2)cc1. The zero-order chi connectivity index (χ0) is 20.8. The minimum Gasteiger partial charge on any atom is -0.341 e. The van der Waals surface area contributed by atoms with Crippen LogP contribution in [0.4, 0.5) is 11.4 Å². The number of aryl methyl sites for hydroxylation is 2. The summed E-state index contributed by atoms with van der Waals surface area (Å²) in [5.74, 6) is 1.56. The minimum absolute atomic E-state index is 0.759. The van der Waals surface area contributed by atoms with E-state index in [0.717, 1.165) is 41.8 Å². The maximum absolute atomic E-state index is 5.05. The number of anilines is 1. The van der Waals surface area contributed by atoms with E-state index in [0.29, 0.717) is 0 Å². The number of nitrogens with zero attached hydrogens (tertiary/aromatic N) is 3. The van der Waals surface area contributed by atoms with Crippen LogP contribution in [0.15, 0.2) is 88.8 Å². The van der Waals surface area contributed by atoms with Crippen LogP contribution in [0.2, 0.25) is 0 Å². The third-order valence-corrected chi connectivity index (χ3v) is 5.23. The van der Waals surface area contributed by atoms with Crippen LogP contribution < -0.4 is 5.32 Å². The van der Waals surface area contributed by atoms with Crippen LogP contribution in [0.1, 0.15) is 29.5 Å². The van der Waals surface area contributed by atoms with Gasteiger partial charge in [0.2, 0.25) is 5.96 Å². The smallest absolute Gasteiger partial charge is 0.227 e. The molecule has 0 aromatic heterocycles. The molecule has 4 heteroatoms. The highest BCUT2D eigenvalue weighted by Gasteiger charge is 2.17. The summed E-state index contributed by atoms with van der Waals surface area (Å²) >= 11 is 0. The van der Waals surface area contributed by atoms with Crippen LogP contribution in [0.25, 0.3) is 0 Å². The van der Waals surface area contributed by atoms with Crippen molar-refractivity contribution in [3.63, 3.8) is 0 Å². The molecule has 0 unspecified atom stereocenters. The van der Waals surface area contributed by atoms with E-state index < -0.39 is 0 Å². The van der Waals surface area contributed by atoms with Gasteiger partial charge in [0.25, 0.3) is 0 Å². The van der Waals surface area contributed by atoms with Crippen LogP contribution >= 0.6 is 0 Å². The van der Waals surface area contributed by atoms with E-state index in [2.05, 4.69) is 84.7 Å². The van der Waals surface area contributed by atoms with E-state index in [9.17, 15) is 0 Å². The Morgan fingerprint density at radius 1 is 0.767 bits per heavy atom. The predicted octanol–water partition coefficient (Wildman–Crippen LogP) is 5.95. The second-order valence-electron chi connectivity index (χ2n) is 7.76. The summed E-state index contributed by atoms with van der Waals surface area (Å²) in [7, 11) is 0. The van der Waals surface area contributed by atoms with Crippen molar-refractivity contribution >= 4 is 23.2 Å². The fourth-order valence-electron chi connectivity index (χ4n) is 3.45. The minimum atomic E-state index is 0.759. The lowest BCUT2D eigenvalue weighted by molar-refractivity contribution is 0.514. The quantitative estimate of drug-likeness (QED) is 0.439. The monoisotopic (exact) mass is 396 g/mol. The number of likely N-dealkylation sites (tertiary alicyclic amines) is 1. The Kier molecular flexibility index (Phi) is 6.23. The zero-order valence-corrected chi connectivity index (χ0v) is 17.7. The van der Waals surface area contributed by atoms with Gasteiger partial charge in [-0.3, -0.25) is 0 Å². The molecule has 0 aliphatic carbocycles. The Balaban J connectivity index is 1.75. The normalized spacial score (nSPS) is 14.8. The molecule has 0 amide bonds. The first-order chi connectivity index (χ1) is 14.7. The van der Waals surface area contributed by atoms with Crippen LogP contribution in [0, 0.1) is 13.8 Å². The highest BCUT2D eigenvalue weighted by Crippen LogP contribution is 2.18. The van der Waals surface area contributed by atoms with Gasteiger partial charge in [-0.25, -0.2) is 4.99 Å². The van der Waals surface area contributed by atoms with Crippen molar-refractivity contribution in [2.45, 2.75) is 26.7 Å². The van der Waals surface area contributed by atoms with Crippen LogP contribution in [-0.2, 0) is 0 Å². The number of aliphatic imine (C=N–C) groups is 2. The van der Waals surface area contributed by atoms with Crippen molar-refractivity contribution in [1.29, 1.82) is 0 Å². The average molecular weight is 397 g/mol. The van der Waals surface area contributed by atoms with E-state index in [-0.39, 0.29) is 0 Å². The summed E-state index contributed by atoms with van der Waals surface area (Å²) < 4.78 is 0. The van der Waals surface area contributed by atoms with Crippen LogP contribution in [0.5, 0.6) is 0 Å². The molecule has 1 aliphatic rings. The maximum atomic E-state index is 5.05.